The van der Waals surface area contributed by atoms with Gasteiger partial charge >= 0.3 is 0 Å². The highest BCUT2D eigenvalue weighted by Crippen LogP contribution is 2.27. The molecule has 0 aromatic heterocycles. The first-order chi connectivity index (χ1) is 9.93. The lowest BCUT2D eigenvalue weighted by molar-refractivity contribution is 0.281. The van der Waals surface area contributed by atoms with Gasteiger partial charge in [-0.05, 0) is 42.5 Å². The fraction of sp³-hybridized carbons (Fsp3) is 0.667. The zero-order valence-corrected chi connectivity index (χ0v) is 14.0. The number of hydrogen-bond acceptors (Lipinski definition) is 2. The quantitative estimate of drug-likeness (QED) is 0.903. The zero-order valence-electron chi connectivity index (χ0n) is 14.0. The summed E-state index contributed by atoms with van der Waals surface area (Å²) in [5.74, 6) is 1.11. The molecule has 1 aliphatic rings. The van der Waals surface area contributed by atoms with Crippen LogP contribution in [-0.2, 0) is 0 Å². The van der Waals surface area contributed by atoms with E-state index in [1.165, 1.54) is 6.42 Å². The first-order valence-corrected chi connectivity index (χ1v) is 8.20. The first-order valence-electron chi connectivity index (χ1n) is 8.20. The summed E-state index contributed by atoms with van der Waals surface area (Å²) in [7, 11) is 0. The Morgan fingerprint density at radius 1 is 1.33 bits per heavy atom. The second-order valence-corrected chi connectivity index (χ2v) is 6.80. The van der Waals surface area contributed by atoms with E-state index in [1.807, 2.05) is 19.1 Å². The highest BCUT2D eigenvalue weighted by Gasteiger charge is 2.32. The van der Waals surface area contributed by atoms with Gasteiger partial charge < -0.3 is 10.2 Å². The van der Waals surface area contributed by atoms with E-state index in [-0.39, 0.29) is 5.82 Å². The molecule has 1 N–H and O–H groups in total. The summed E-state index contributed by atoms with van der Waals surface area (Å²) in [6.07, 6.45) is 1.18. The normalized spacial score (nSPS) is 24.4. The smallest absolute Gasteiger partial charge is 0.126 e. The van der Waals surface area contributed by atoms with E-state index in [0.29, 0.717) is 23.9 Å². The highest BCUT2D eigenvalue weighted by atomic mass is 19.1. The van der Waals surface area contributed by atoms with Gasteiger partial charge in [-0.3, -0.25) is 0 Å². The minimum absolute atomic E-state index is 0.117. The molecule has 0 saturated carbocycles. The maximum atomic E-state index is 13.6. The number of aryl methyl sites for hydroxylation is 1. The topological polar surface area (TPSA) is 15.3 Å². The maximum Gasteiger partial charge on any atom is 0.126 e. The standard InChI is InChI=1S/C18H29FN2/c1-6-13(4)17-11-21(18(10-20-17)12(2)3)15-7-8-16(19)14(5)9-15/h7-9,12-13,17-18,20H,6,10-11H2,1-5H3. The van der Waals surface area contributed by atoms with E-state index in [0.717, 1.165) is 24.3 Å². The maximum absolute atomic E-state index is 13.6. The SMILES string of the molecule is CCC(C)C1CN(c2ccc(F)c(C)c2)C(C(C)C)CN1. The average Bonchev–Trinajstić information content (AvgIpc) is 2.48. The number of piperazine rings is 1. The van der Waals surface area contributed by atoms with E-state index in [1.54, 1.807) is 6.07 Å². The molecular weight excluding hydrogens is 263 g/mol. The Balaban J connectivity index is 2.26. The summed E-state index contributed by atoms with van der Waals surface area (Å²) in [5, 5.41) is 3.71. The van der Waals surface area contributed by atoms with Crippen LogP contribution in [0.5, 0.6) is 0 Å². The molecule has 0 spiro atoms. The second-order valence-electron chi connectivity index (χ2n) is 6.80. The van der Waals surface area contributed by atoms with Crippen molar-refractivity contribution < 1.29 is 4.39 Å². The Morgan fingerprint density at radius 3 is 2.62 bits per heavy atom. The molecule has 0 aliphatic carbocycles. The number of halogens is 1. The van der Waals surface area contributed by atoms with Gasteiger partial charge in [0, 0.05) is 30.9 Å². The van der Waals surface area contributed by atoms with E-state index < -0.39 is 0 Å². The van der Waals surface area contributed by atoms with Gasteiger partial charge in [-0.15, -0.1) is 0 Å². The van der Waals surface area contributed by atoms with E-state index >= 15 is 0 Å². The van der Waals surface area contributed by atoms with Gasteiger partial charge in [-0.2, -0.15) is 0 Å². The van der Waals surface area contributed by atoms with E-state index in [2.05, 4.69) is 37.9 Å². The number of hydrogen-bond donors (Lipinski definition) is 1. The van der Waals surface area contributed by atoms with Crippen LogP contribution in [0.1, 0.15) is 39.7 Å². The van der Waals surface area contributed by atoms with Crippen molar-refractivity contribution in [3.8, 4) is 0 Å². The Labute approximate surface area is 128 Å². The lowest BCUT2D eigenvalue weighted by Gasteiger charge is -2.45. The number of nitrogens with one attached hydrogen (secondary N) is 1. The van der Waals surface area contributed by atoms with Crippen LogP contribution in [0.2, 0.25) is 0 Å². The second kappa shape index (κ2) is 6.78. The van der Waals surface area contributed by atoms with Crippen molar-refractivity contribution in [2.45, 2.75) is 53.1 Å². The van der Waals surface area contributed by atoms with Crippen molar-refractivity contribution >= 4 is 5.69 Å². The van der Waals surface area contributed by atoms with Gasteiger partial charge in [0.15, 0.2) is 0 Å². The van der Waals surface area contributed by atoms with Gasteiger partial charge in [-0.1, -0.05) is 34.1 Å². The van der Waals surface area contributed by atoms with Crippen LogP contribution >= 0.6 is 0 Å². The molecule has 1 heterocycles. The number of rotatable bonds is 4. The molecule has 118 valence electrons. The minimum atomic E-state index is -0.117. The molecule has 0 radical (unpaired) electrons. The lowest BCUT2D eigenvalue weighted by atomic mass is 9.91. The molecule has 1 fully saturated rings. The van der Waals surface area contributed by atoms with Crippen molar-refractivity contribution in [3.63, 3.8) is 0 Å². The van der Waals surface area contributed by atoms with Crippen molar-refractivity contribution in [2.24, 2.45) is 11.8 Å². The summed E-state index contributed by atoms with van der Waals surface area (Å²) in [6.45, 7) is 12.9. The Kier molecular flexibility index (Phi) is 5.26. The van der Waals surface area contributed by atoms with Gasteiger partial charge in [0.1, 0.15) is 5.82 Å². The number of anilines is 1. The highest BCUT2D eigenvalue weighted by molar-refractivity contribution is 5.50. The van der Waals surface area contributed by atoms with Crippen LogP contribution in [0.25, 0.3) is 0 Å². The molecule has 2 rings (SSSR count). The van der Waals surface area contributed by atoms with Crippen molar-refractivity contribution in [1.82, 2.24) is 5.32 Å². The molecule has 1 saturated heterocycles. The third-order valence-corrected chi connectivity index (χ3v) is 4.96. The Morgan fingerprint density at radius 2 is 2.05 bits per heavy atom. The predicted octanol–water partition coefficient (Wildman–Crippen LogP) is 3.98. The summed E-state index contributed by atoms with van der Waals surface area (Å²) >= 11 is 0. The molecule has 21 heavy (non-hydrogen) atoms. The Hall–Kier alpha value is -1.09. The fourth-order valence-electron chi connectivity index (χ4n) is 3.16. The minimum Gasteiger partial charge on any atom is -0.365 e. The first kappa shape index (κ1) is 16.3. The summed E-state index contributed by atoms with van der Waals surface area (Å²) in [5.41, 5.74) is 1.89. The molecule has 2 nitrogen and oxygen atoms in total. The molecular formula is C18H29FN2. The fourth-order valence-corrected chi connectivity index (χ4v) is 3.16. The van der Waals surface area contributed by atoms with Gasteiger partial charge in [-0.25, -0.2) is 4.39 Å². The van der Waals surface area contributed by atoms with Crippen molar-refractivity contribution in [1.29, 1.82) is 0 Å². The van der Waals surface area contributed by atoms with Crippen LogP contribution in [0.15, 0.2) is 18.2 Å². The summed E-state index contributed by atoms with van der Waals surface area (Å²) in [4.78, 5) is 2.48. The largest absolute Gasteiger partial charge is 0.365 e. The van der Waals surface area contributed by atoms with Crippen LogP contribution in [0.3, 0.4) is 0 Å². The molecule has 1 aliphatic heterocycles. The lowest BCUT2D eigenvalue weighted by Crippen LogP contribution is -2.60. The Bertz CT molecular complexity index is 472. The van der Waals surface area contributed by atoms with Gasteiger partial charge in [0.05, 0.1) is 0 Å². The average molecular weight is 292 g/mol. The van der Waals surface area contributed by atoms with Crippen molar-refractivity contribution in [3.05, 3.63) is 29.6 Å². The van der Waals surface area contributed by atoms with Gasteiger partial charge in [0.2, 0.25) is 0 Å². The van der Waals surface area contributed by atoms with Crippen LogP contribution in [-0.4, -0.2) is 25.2 Å². The predicted molar refractivity (Wildman–Crippen MR) is 88.4 cm³/mol. The monoisotopic (exact) mass is 292 g/mol. The van der Waals surface area contributed by atoms with Gasteiger partial charge in [0.25, 0.3) is 0 Å². The molecule has 0 amide bonds. The summed E-state index contributed by atoms with van der Waals surface area (Å²) in [6, 6.07) is 6.49. The van der Waals surface area contributed by atoms with Crippen molar-refractivity contribution in [2.75, 3.05) is 18.0 Å². The van der Waals surface area contributed by atoms with Crippen LogP contribution in [0, 0.1) is 24.6 Å². The van der Waals surface area contributed by atoms with Crippen LogP contribution in [0.4, 0.5) is 10.1 Å². The summed E-state index contributed by atoms with van der Waals surface area (Å²) < 4.78 is 13.6. The zero-order chi connectivity index (χ0) is 15.6. The molecule has 3 heteroatoms. The van der Waals surface area contributed by atoms with E-state index in [4.69, 9.17) is 0 Å². The molecule has 1 aromatic rings. The molecule has 3 atom stereocenters. The third-order valence-electron chi connectivity index (χ3n) is 4.96. The molecule has 3 unspecified atom stereocenters. The number of nitrogens with zero attached hydrogens (tertiary/aromatic N) is 1. The van der Waals surface area contributed by atoms with Crippen LogP contribution < -0.4 is 10.2 Å². The molecule has 1 aromatic carbocycles. The van der Waals surface area contributed by atoms with E-state index in [9.17, 15) is 4.39 Å². The number of benzene rings is 1. The molecule has 0 bridgehead atoms. The third kappa shape index (κ3) is 3.57.